The van der Waals surface area contributed by atoms with Gasteiger partial charge in [-0.3, -0.25) is 9.59 Å². The number of aromatic nitrogens is 1. The van der Waals surface area contributed by atoms with Gasteiger partial charge in [-0.05, 0) is 49.6 Å². The largest absolute Gasteiger partial charge is 0.360 e. The lowest BCUT2D eigenvalue weighted by Gasteiger charge is -2.24. The molecule has 1 aliphatic heterocycles. The summed E-state index contributed by atoms with van der Waals surface area (Å²) in [4.78, 5) is 27.3. The summed E-state index contributed by atoms with van der Waals surface area (Å²) in [5.41, 5.74) is 4.80. The van der Waals surface area contributed by atoms with E-state index < -0.39 is 6.10 Å². The molecule has 7 heteroatoms. The summed E-state index contributed by atoms with van der Waals surface area (Å²) in [6, 6.07) is 9.22. The van der Waals surface area contributed by atoms with Gasteiger partial charge >= 0.3 is 0 Å². The molecule has 0 radical (unpaired) electrons. The monoisotopic (exact) mass is 456 g/mol. The smallest absolute Gasteiger partial charge is 0.250 e. The average Bonchev–Trinajstić information content (AvgIpc) is 2.95. The number of hydrogen-bond acceptors (Lipinski definition) is 4. The van der Waals surface area contributed by atoms with Gasteiger partial charge in [0, 0.05) is 51.8 Å². The highest BCUT2D eigenvalue weighted by atomic mass is 35.5. The summed E-state index contributed by atoms with van der Waals surface area (Å²) in [5, 5.41) is 3.50. The van der Waals surface area contributed by atoms with Crippen molar-refractivity contribution in [3.8, 4) is 10.4 Å². The van der Waals surface area contributed by atoms with Crippen molar-refractivity contribution in [1.82, 2.24) is 9.88 Å². The molecule has 0 fully saturated rings. The van der Waals surface area contributed by atoms with Gasteiger partial charge in [0.15, 0.2) is 0 Å². The first-order valence-corrected chi connectivity index (χ1v) is 11.5. The number of halogens is 1. The molecule has 1 aliphatic rings. The number of rotatable bonds is 4. The standard InChI is InChI=1S/C24H25ClN2O3S/c1-5-26-20(28)11-19-17-10-21(29)27(4)12-18(17)24-22(13(2)14(3)31-24)23(30-19)15-6-8-16(25)9-7-15/h6-10,12,19,23H,5,11H2,1-4H3,(H,26,28). The zero-order valence-electron chi connectivity index (χ0n) is 18.0. The summed E-state index contributed by atoms with van der Waals surface area (Å²) in [6.07, 6.45) is 1.09. The molecule has 0 saturated carbocycles. The first-order chi connectivity index (χ1) is 14.8. The Hall–Kier alpha value is -2.41. The van der Waals surface area contributed by atoms with E-state index in [-0.39, 0.29) is 24.0 Å². The molecule has 0 spiro atoms. The highest BCUT2D eigenvalue weighted by Gasteiger charge is 2.35. The third-order valence-corrected chi connectivity index (χ3v) is 7.27. The molecule has 1 amide bonds. The van der Waals surface area contributed by atoms with E-state index in [1.807, 2.05) is 37.4 Å². The Bertz CT molecular complexity index is 1200. The van der Waals surface area contributed by atoms with Crippen LogP contribution in [0.3, 0.4) is 0 Å². The molecule has 162 valence electrons. The van der Waals surface area contributed by atoms with Crippen molar-refractivity contribution in [1.29, 1.82) is 0 Å². The van der Waals surface area contributed by atoms with Crippen LogP contribution in [-0.4, -0.2) is 17.0 Å². The van der Waals surface area contributed by atoms with Gasteiger partial charge in [0.25, 0.3) is 5.56 Å². The number of carbonyl (C=O) groups excluding carboxylic acids is 1. The van der Waals surface area contributed by atoms with Crippen LogP contribution in [0.2, 0.25) is 5.02 Å². The van der Waals surface area contributed by atoms with Gasteiger partial charge in [0.05, 0.1) is 12.5 Å². The Morgan fingerprint density at radius 3 is 2.65 bits per heavy atom. The Morgan fingerprint density at radius 1 is 1.26 bits per heavy atom. The van der Waals surface area contributed by atoms with Crippen LogP contribution in [0.4, 0.5) is 0 Å². The SMILES string of the molecule is CCNC(=O)CC1OC(c2ccc(Cl)cc2)c2c(sc(C)c2C)-c2cn(C)c(=O)cc21. The Balaban J connectivity index is 1.95. The minimum absolute atomic E-state index is 0.104. The van der Waals surface area contributed by atoms with E-state index in [0.717, 1.165) is 27.1 Å². The molecule has 3 heterocycles. The molecule has 4 rings (SSSR count). The lowest BCUT2D eigenvalue weighted by Crippen LogP contribution is -2.26. The highest BCUT2D eigenvalue weighted by molar-refractivity contribution is 7.15. The maximum absolute atomic E-state index is 12.5. The van der Waals surface area contributed by atoms with Crippen LogP contribution in [-0.2, 0) is 16.6 Å². The van der Waals surface area contributed by atoms with Gasteiger partial charge in [0.1, 0.15) is 6.10 Å². The second-order valence-corrected chi connectivity index (χ2v) is 9.49. The predicted molar refractivity (Wildman–Crippen MR) is 125 cm³/mol. The number of hydrogen-bond donors (Lipinski definition) is 1. The van der Waals surface area contributed by atoms with Crippen molar-refractivity contribution < 1.29 is 9.53 Å². The molecule has 5 nitrogen and oxygen atoms in total. The third-order valence-electron chi connectivity index (χ3n) is 5.76. The first-order valence-electron chi connectivity index (χ1n) is 10.3. The fourth-order valence-corrected chi connectivity index (χ4v) is 5.39. The van der Waals surface area contributed by atoms with E-state index in [9.17, 15) is 9.59 Å². The Labute approximate surface area is 190 Å². The minimum Gasteiger partial charge on any atom is -0.360 e. The topological polar surface area (TPSA) is 60.3 Å². The zero-order chi connectivity index (χ0) is 22.3. The molecular weight excluding hydrogens is 432 g/mol. The molecule has 1 aromatic carbocycles. The van der Waals surface area contributed by atoms with E-state index in [1.54, 1.807) is 29.0 Å². The van der Waals surface area contributed by atoms with E-state index in [0.29, 0.717) is 11.6 Å². The van der Waals surface area contributed by atoms with Crippen molar-refractivity contribution in [3.05, 3.63) is 79.0 Å². The van der Waals surface area contributed by atoms with Gasteiger partial charge in [-0.2, -0.15) is 0 Å². The predicted octanol–water partition coefficient (Wildman–Crippen LogP) is 5.07. The van der Waals surface area contributed by atoms with Crippen LogP contribution in [0.5, 0.6) is 0 Å². The number of nitrogens with one attached hydrogen (secondary N) is 1. The minimum atomic E-state index is -0.546. The van der Waals surface area contributed by atoms with Crippen LogP contribution < -0.4 is 10.9 Å². The van der Waals surface area contributed by atoms with E-state index in [2.05, 4.69) is 19.2 Å². The molecule has 3 aromatic rings. The van der Waals surface area contributed by atoms with Crippen LogP contribution in [0, 0.1) is 13.8 Å². The fourth-order valence-electron chi connectivity index (χ4n) is 4.05. The second-order valence-electron chi connectivity index (χ2n) is 7.83. The van der Waals surface area contributed by atoms with Gasteiger partial charge in [-0.15, -0.1) is 11.3 Å². The number of aryl methyl sites for hydroxylation is 2. The van der Waals surface area contributed by atoms with Crippen molar-refractivity contribution in [3.63, 3.8) is 0 Å². The molecule has 31 heavy (non-hydrogen) atoms. The number of ether oxygens (including phenoxy) is 1. The summed E-state index contributed by atoms with van der Waals surface area (Å²) >= 11 is 7.83. The molecule has 0 aliphatic carbocycles. The molecule has 1 N–H and O–H groups in total. The van der Waals surface area contributed by atoms with E-state index in [4.69, 9.17) is 16.3 Å². The number of pyridine rings is 1. The average molecular weight is 457 g/mol. The third kappa shape index (κ3) is 4.07. The van der Waals surface area contributed by atoms with E-state index >= 15 is 0 Å². The molecule has 0 saturated heterocycles. The zero-order valence-corrected chi connectivity index (χ0v) is 19.6. The van der Waals surface area contributed by atoms with Gasteiger partial charge in [-0.25, -0.2) is 0 Å². The van der Waals surface area contributed by atoms with E-state index in [1.165, 1.54) is 10.4 Å². The molecule has 2 aromatic heterocycles. The van der Waals surface area contributed by atoms with Crippen LogP contribution in [0.25, 0.3) is 10.4 Å². The molecule has 0 bridgehead atoms. The van der Waals surface area contributed by atoms with Crippen molar-refractivity contribution in [2.24, 2.45) is 7.05 Å². The normalized spacial score (nSPS) is 17.6. The highest BCUT2D eigenvalue weighted by Crippen LogP contribution is 2.50. The number of thiophene rings is 1. The Morgan fingerprint density at radius 2 is 1.97 bits per heavy atom. The maximum atomic E-state index is 12.5. The number of benzene rings is 1. The first kappa shape index (κ1) is 21.8. The van der Waals surface area contributed by atoms with Crippen molar-refractivity contribution in [2.75, 3.05) is 6.54 Å². The number of carbonyl (C=O) groups is 1. The second kappa shape index (κ2) is 8.61. The number of fused-ring (bicyclic) bond motifs is 3. The number of nitrogens with zero attached hydrogens (tertiary/aromatic N) is 1. The summed E-state index contributed by atoms with van der Waals surface area (Å²) in [6.45, 7) is 6.63. The number of amides is 1. The van der Waals surface area contributed by atoms with Crippen molar-refractivity contribution >= 4 is 28.8 Å². The molecular formula is C24H25ClN2O3S. The molecule has 2 atom stereocenters. The van der Waals surface area contributed by atoms with Gasteiger partial charge in [0.2, 0.25) is 5.91 Å². The lowest BCUT2D eigenvalue weighted by atomic mass is 9.95. The lowest BCUT2D eigenvalue weighted by molar-refractivity contribution is -0.124. The maximum Gasteiger partial charge on any atom is 0.250 e. The quantitative estimate of drug-likeness (QED) is 0.596. The summed E-state index contributed by atoms with van der Waals surface area (Å²) < 4.78 is 8.23. The van der Waals surface area contributed by atoms with Crippen LogP contribution in [0.1, 0.15) is 52.7 Å². The van der Waals surface area contributed by atoms with Crippen LogP contribution >= 0.6 is 22.9 Å². The van der Waals surface area contributed by atoms with Gasteiger partial charge in [-0.1, -0.05) is 23.7 Å². The van der Waals surface area contributed by atoms with Gasteiger partial charge < -0.3 is 14.6 Å². The summed E-state index contributed by atoms with van der Waals surface area (Å²) in [5.74, 6) is -0.104. The summed E-state index contributed by atoms with van der Waals surface area (Å²) in [7, 11) is 1.75. The fraction of sp³-hybridized carbons (Fsp3) is 0.333. The molecule has 2 unspecified atom stereocenters. The Kier molecular flexibility index (Phi) is 6.06. The van der Waals surface area contributed by atoms with Crippen molar-refractivity contribution in [2.45, 2.75) is 39.4 Å². The van der Waals surface area contributed by atoms with Crippen LogP contribution in [0.15, 0.2) is 41.3 Å².